The zero-order valence-electron chi connectivity index (χ0n) is 19.2. The average molecular weight is 436 g/mol. The Morgan fingerprint density at radius 3 is 2.62 bits per heavy atom. The summed E-state index contributed by atoms with van der Waals surface area (Å²) in [6.07, 6.45) is 3.96. The Bertz CT molecular complexity index is 1190. The molecule has 1 aromatic carbocycles. The van der Waals surface area contributed by atoms with Crippen LogP contribution in [-0.4, -0.2) is 59.0 Å². The third-order valence-electron chi connectivity index (χ3n) is 6.96. The number of halogens is 1. The number of amides is 1. The molecule has 0 aliphatic carbocycles. The quantitative estimate of drug-likeness (QED) is 0.664. The van der Waals surface area contributed by atoms with Gasteiger partial charge in [-0.15, -0.1) is 0 Å². The molecule has 2 saturated heterocycles. The third-order valence-corrected chi connectivity index (χ3v) is 6.96. The largest absolute Gasteiger partial charge is 0.369 e. The summed E-state index contributed by atoms with van der Waals surface area (Å²) >= 11 is 0. The molecule has 0 radical (unpaired) electrons. The number of nitrogens with zero attached hydrogens (tertiary/aromatic N) is 4. The van der Waals surface area contributed by atoms with E-state index in [4.69, 9.17) is 0 Å². The number of rotatable bonds is 5. The summed E-state index contributed by atoms with van der Waals surface area (Å²) in [4.78, 5) is 22.1. The maximum Gasteiger partial charge on any atom is 0.254 e. The van der Waals surface area contributed by atoms with Gasteiger partial charge in [-0.1, -0.05) is 6.07 Å². The van der Waals surface area contributed by atoms with E-state index < -0.39 is 5.82 Å². The molecule has 0 atom stereocenters. The van der Waals surface area contributed by atoms with E-state index in [0.29, 0.717) is 17.5 Å². The number of fused-ring (bicyclic) bond motifs is 1. The number of nitrogens with one attached hydrogen (secondary N) is 1. The molecule has 6 nitrogen and oxygen atoms in total. The van der Waals surface area contributed by atoms with E-state index >= 15 is 0 Å². The first kappa shape index (κ1) is 20.9. The van der Waals surface area contributed by atoms with Crippen LogP contribution in [0.4, 0.5) is 10.1 Å². The zero-order chi connectivity index (χ0) is 22.6. The van der Waals surface area contributed by atoms with Crippen LogP contribution in [0.25, 0.3) is 16.6 Å². The van der Waals surface area contributed by atoms with Crippen LogP contribution < -0.4 is 10.2 Å². The molecule has 2 fully saturated rings. The average Bonchev–Trinajstić information content (AvgIpc) is 3.06. The fraction of sp³-hybridized carbons (Fsp3) is 0.440. The van der Waals surface area contributed by atoms with Crippen molar-refractivity contribution in [2.24, 2.45) is 5.41 Å². The number of imidazole rings is 1. The Morgan fingerprint density at radius 1 is 1.25 bits per heavy atom. The van der Waals surface area contributed by atoms with Gasteiger partial charge in [0.15, 0.2) is 0 Å². The van der Waals surface area contributed by atoms with Crippen LogP contribution in [-0.2, 0) is 0 Å². The molecular formula is C25H30FN5O. The molecule has 0 saturated carbocycles. The van der Waals surface area contributed by atoms with E-state index in [1.165, 1.54) is 12.1 Å². The van der Waals surface area contributed by atoms with Gasteiger partial charge < -0.3 is 19.5 Å². The number of aryl methyl sites for hydroxylation is 1. The van der Waals surface area contributed by atoms with Gasteiger partial charge in [0.2, 0.25) is 0 Å². The van der Waals surface area contributed by atoms with Crippen molar-refractivity contribution in [1.29, 1.82) is 0 Å². The summed E-state index contributed by atoms with van der Waals surface area (Å²) in [5.74, 6) is 0.326. The molecule has 2 aliphatic rings. The van der Waals surface area contributed by atoms with Crippen molar-refractivity contribution in [3.8, 4) is 11.1 Å². The zero-order valence-corrected chi connectivity index (χ0v) is 19.2. The second-order valence-electron chi connectivity index (χ2n) is 9.51. The smallest absolute Gasteiger partial charge is 0.254 e. The minimum atomic E-state index is -0.407. The van der Waals surface area contributed by atoms with Gasteiger partial charge in [0.25, 0.3) is 5.91 Å². The Kier molecular flexibility index (Phi) is 4.97. The molecule has 2 aromatic heterocycles. The number of anilines is 1. The van der Waals surface area contributed by atoms with Gasteiger partial charge in [0.05, 0.1) is 23.0 Å². The second-order valence-corrected chi connectivity index (χ2v) is 9.51. The highest BCUT2D eigenvalue weighted by Crippen LogP contribution is 2.40. The van der Waals surface area contributed by atoms with Crippen molar-refractivity contribution < 1.29 is 9.18 Å². The molecule has 2 aliphatic heterocycles. The van der Waals surface area contributed by atoms with Crippen LogP contribution in [0.1, 0.15) is 37.0 Å². The summed E-state index contributed by atoms with van der Waals surface area (Å²) in [5.41, 5.74) is 4.45. The number of aromatic nitrogens is 2. The number of carbonyl (C=O) groups excluding carboxylic acids is 1. The van der Waals surface area contributed by atoms with Crippen LogP contribution in [0, 0.1) is 18.2 Å². The summed E-state index contributed by atoms with van der Waals surface area (Å²) in [6.45, 7) is 12.6. The van der Waals surface area contributed by atoms with E-state index in [9.17, 15) is 9.18 Å². The van der Waals surface area contributed by atoms with Gasteiger partial charge in [-0.05, 0) is 51.5 Å². The van der Waals surface area contributed by atoms with Gasteiger partial charge in [-0.25, -0.2) is 9.37 Å². The SMILES string of the molecule is CCN(C(=O)c1cc(F)ccc1-c1cc(N2CC3(CNC3)C2)cn2c(C)ncc12)C(C)C. The van der Waals surface area contributed by atoms with E-state index in [1.54, 1.807) is 11.0 Å². The second kappa shape index (κ2) is 7.59. The predicted octanol–water partition coefficient (Wildman–Crippen LogP) is 3.73. The molecule has 3 aromatic rings. The van der Waals surface area contributed by atoms with E-state index in [-0.39, 0.29) is 11.9 Å². The summed E-state index contributed by atoms with van der Waals surface area (Å²) < 4.78 is 16.4. The molecule has 168 valence electrons. The lowest BCUT2D eigenvalue weighted by Crippen LogP contribution is -2.71. The minimum Gasteiger partial charge on any atom is -0.369 e. The van der Waals surface area contributed by atoms with Gasteiger partial charge in [0, 0.05) is 55.9 Å². The number of hydrogen-bond donors (Lipinski definition) is 1. The molecule has 5 rings (SSSR count). The first-order valence-electron chi connectivity index (χ1n) is 11.4. The molecule has 1 amide bonds. The van der Waals surface area contributed by atoms with Crippen LogP contribution >= 0.6 is 0 Å². The molecular weight excluding hydrogens is 405 g/mol. The van der Waals surface area contributed by atoms with Crippen molar-refractivity contribution in [2.45, 2.75) is 33.7 Å². The van der Waals surface area contributed by atoms with Crippen molar-refractivity contribution >= 4 is 17.1 Å². The van der Waals surface area contributed by atoms with E-state index in [1.807, 2.05) is 33.9 Å². The van der Waals surface area contributed by atoms with Crippen LogP contribution in [0.5, 0.6) is 0 Å². The fourth-order valence-electron chi connectivity index (χ4n) is 5.07. The highest BCUT2D eigenvalue weighted by molar-refractivity contribution is 6.03. The normalized spacial score (nSPS) is 17.0. The number of benzene rings is 1. The third kappa shape index (κ3) is 3.26. The molecule has 0 bridgehead atoms. The summed E-state index contributed by atoms with van der Waals surface area (Å²) in [7, 11) is 0. The summed E-state index contributed by atoms with van der Waals surface area (Å²) in [5, 5.41) is 3.38. The highest BCUT2D eigenvalue weighted by Gasteiger charge is 2.47. The molecule has 4 heterocycles. The molecule has 1 N–H and O–H groups in total. The van der Waals surface area contributed by atoms with Crippen molar-refractivity contribution in [1.82, 2.24) is 19.6 Å². The Balaban J connectivity index is 1.64. The van der Waals surface area contributed by atoms with E-state index in [2.05, 4.69) is 31.9 Å². The van der Waals surface area contributed by atoms with Crippen molar-refractivity contribution in [3.05, 3.63) is 53.9 Å². The number of pyridine rings is 1. The van der Waals surface area contributed by atoms with Gasteiger partial charge >= 0.3 is 0 Å². The van der Waals surface area contributed by atoms with Crippen LogP contribution in [0.3, 0.4) is 0 Å². The molecule has 0 unspecified atom stereocenters. The van der Waals surface area contributed by atoms with Crippen molar-refractivity contribution in [2.75, 3.05) is 37.6 Å². The first-order chi connectivity index (χ1) is 15.3. The highest BCUT2D eigenvalue weighted by atomic mass is 19.1. The topological polar surface area (TPSA) is 52.9 Å². The molecule has 7 heteroatoms. The Hall–Kier alpha value is -2.93. The lowest BCUT2D eigenvalue weighted by Gasteiger charge is -2.57. The van der Waals surface area contributed by atoms with Crippen LogP contribution in [0.2, 0.25) is 0 Å². The predicted molar refractivity (Wildman–Crippen MR) is 125 cm³/mol. The van der Waals surface area contributed by atoms with E-state index in [0.717, 1.165) is 54.3 Å². The number of hydrogen-bond acceptors (Lipinski definition) is 4. The number of carbonyl (C=O) groups is 1. The van der Waals surface area contributed by atoms with Gasteiger partial charge in [-0.2, -0.15) is 0 Å². The van der Waals surface area contributed by atoms with Crippen molar-refractivity contribution in [3.63, 3.8) is 0 Å². The monoisotopic (exact) mass is 435 g/mol. The maximum absolute atomic E-state index is 14.3. The Labute approximate surface area is 188 Å². The summed E-state index contributed by atoms with van der Waals surface area (Å²) in [6, 6.07) is 6.69. The fourth-order valence-corrected chi connectivity index (χ4v) is 5.07. The van der Waals surface area contributed by atoms with Gasteiger partial charge in [0.1, 0.15) is 11.6 Å². The van der Waals surface area contributed by atoms with Crippen LogP contribution in [0.15, 0.2) is 36.7 Å². The minimum absolute atomic E-state index is 0.0283. The lowest BCUT2D eigenvalue weighted by molar-refractivity contribution is 0.0717. The maximum atomic E-state index is 14.3. The molecule has 32 heavy (non-hydrogen) atoms. The standard InChI is InChI=1S/C25H30FN5O/c1-5-30(16(2)3)24(32)22-8-18(26)6-7-20(22)21-9-19(11-31-17(4)28-10-23(21)31)29-14-25(15-29)12-27-13-25/h6-11,16,27H,5,12-15H2,1-4H3. The lowest BCUT2D eigenvalue weighted by atomic mass is 9.74. The first-order valence-corrected chi connectivity index (χ1v) is 11.4. The Morgan fingerprint density at radius 2 is 2.00 bits per heavy atom. The molecule has 1 spiro atoms. The van der Waals surface area contributed by atoms with Gasteiger partial charge in [-0.3, -0.25) is 4.79 Å².